The van der Waals surface area contributed by atoms with Crippen molar-refractivity contribution in [3.8, 4) is 5.75 Å². The molecule has 1 N–H and O–H groups in total. The third kappa shape index (κ3) is 3.47. The summed E-state index contributed by atoms with van der Waals surface area (Å²) in [6.07, 6.45) is 2.90. The zero-order chi connectivity index (χ0) is 15.5. The number of ether oxygens (including phenoxy) is 1. The number of halogens is 2. The molecule has 0 radical (unpaired) electrons. The minimum atomic E-state index is -0.681. The van der Waals surface area contributed by atoms with Gasteiger partial charge >= 0.3 is 6.03 Å². The first-order valence-corrected chi connectivity index (χ1v) is 7.45. The van der Waals surface area contributed by atoms with Gasteiger partial charge in [0.15, 0.2) is 0 Å². The van der Waals surface area contributed by atoms with E-state index in [9.17, 15) is 13.6 Å². The lowest BCUT2D eigenvalue weighted by Gasteiger charge is -2.24. The number of hydrogen-bond donors (Lipinski definition) is 1. The van der Waals surface area contributed by atoms with Gasteiger partial charge in [-0.15, -0.1) is 0 Å². The lowest BCUT2D eigenvalue weighted by atomic mass is 10.2. The smallest absolute Gasteiger partial charge is 0.341 e. The van der Waals surface area contributed by atoms with Crippen molar-refractivity contribution in [3.05, 3.63) is 29.8 Å². The Labute approximate surface area is 127 Å². The lowest BCUT2D eigenvalue weighted by Crippen LogP contribution is -2.47. The van der Waals surface area contributed by atoms with Gasteiger partial charge in [-0.2, -0.15) is 0 Å². The summed E-state index contributed by atoms with van der Waals surface area (Å²) in [5.74, 6) is -1.22. The van der Waals surface area contributed by atoms with E-state index in [2.05, 4.69) is 5.32 Å². The predicted octanol–water partition coefficient (Wildman–Crippen LogP) is 2.61. The number of rotatable bonds is 3. The van der Waals surface area contributed by atoms with Crippen LogP contribution in [0.25, 0.3) is 0 Å². The summed E-state index contributed by atoms with van der Waals surface area (Å²) in [5, 5.41) is 4.17. The molecule has 1 saturated heterocycles. The van der Waals surface area contributed by atoms with Gasteiger partial charge in [-0.3, -0.25) is 4.84 Å². The van der Waals surface area contributed by atoms with Crippen LogP contribution in [0.2, 0.25) is 0 Å². The summed E-state index contributed by atoms with van der Waals surface area (Å²) in [6, 6.07) is 2.60. The lowest BCUT2D eigenvalue weighted by molar-refractivity contribution is -0.0676. The van der Waals surface area contributed by atoms with Crippen LogP contribution in [0.15, 0.2) is 18.2 Å². The minimum Gasteiger partial charge on any atom is -0.488 e. The summed E-state index contributed by atoms with van der Waals surface area (Å²) in [5.41, 5.74) is 0. The molecular weight excluding hydrogens is 294 g/mol. The van der Waals surface area contributed by atoms with E-state index in [1.54, 1.807) is 0 Å². The normalized spacial score (nSPS) is 24.5. The van der Waals surface area contributed by atoms with Crippen LogP contribution in [0, 0.1) is 11.6 Å². The van der Waals surface area contributed by atoms with Crippen molar-refractivity contribution in [2.75, 3.05) is 13.2 Å². The summed E-state index contributed by atoms with van der Waals surface area (Å²) in [6.45, 7) is 1.11. The molecule has 2 atom stereocenters. The Morgan fingerprint density at radius 2 is 2.00 bits per heavy atom. The van der Waals surface area contributed by atoms with Crippen molar-refractivity contribution < 1.29 is 23.1 Å². The molecule has 0 bridgehead atoms. The van der Waals surface area contributed by atoms with Crippen LogP contribution in [0.1, 0.15) is 25.7 Å². The van der Waals surface area contributed by atoms with Crippen LogP contribution in [0.4, 0.5) is 13.6 Å². The van der Waals surface area contributed by atoms with Gasteiger partial charge in [-0.05, 0) is 25.7 Å². The Hall–Kier alpha value is -1.89. The first-order chi connectivity index (χ1) is 10.6. The van der Waals surface area contributed by atoms with E-state index in [0.717, 1.165) is 43.9 Å². The van der Waals surface area contributed by atoms with Crippen LogP contribution >= 0.6 is 0 Å². The van der Waals surface area contributed by atoms with Crippen molar-refractivity contribution in [1.82, 2.24) is 10.4 Å². The number of hydrogen-bond acceptors (Lipinski definition) is 3. The number of nitrogens with zero attached hydrogens (tertiary/aromatic N) is 1. The third-order valence-corrected chi connectivity index (χ3v) is 3.86. The van der Waals surface area contributed by atoms with E-state index >= 15 is 0 Å². The van der Waals surface area contributed by atoms with Gasteiger partial charge in [0.05, 0.1) is 19.2 Å². The fourth-order valence-electron chi connectivity index (χ4n) is 2.84. The highest BCUT2D eigenvalue weighted by atomic mass is 19.1. The summed E-state index contributed by atoms with van der Waals surface area (Å²) < 4.78 is 32.1. The van der Waals surface area contributed by atoms with Gasteiger partial charge in [0.25, 0.3) is 0 Å². The third-order valence-electron chi connectivity index (χ3n) is 3.86. The van der Waals surface area contributed by atoms with Gasteiger partial charge in [0, 0.05) is 18.2 Å². The molecule has 2 amide bonds. The van der Waals surface area contributed by atoms with Crippen molar-refractivity contribution in [1.29, 1.82) is 0 Å². The Bertz CT molecular complexity index is 529. The molecule has 3 rings (SSSR count). The highest BCUT2D eigenvalue weighted by Crippen LogP contribution is 2.26. The van der Waals surface area contributed by atoms with Gasteiger partial charge in [-0.1, -0.05) is 0 Å². The second-order valence-electron chi connectivity index (χ2n) is 5.54. The van der Waals surface area contributed by atoms with E-state index in [1.807, 2.05) is 0 Å². The maximum Gasteiger partial charge on any atom is 0.341 e. The van der Waals surface area contributed by atoms with Crippen molar-refractivity contribution >= 4 is 6.03 Å². The molecule has 0 spiro atoms. The number of hydroxylamine groups is 2. The van der Waals surface area contributed by atoms with Crippen LogP contribution < -0.4 is 10.1 Å². The fraction of sp³-hybridized carbons (Fsp3) is 0.533. The van der Waals surface area contributed by atoms with Crippen LogP contribution in [-0.2, 0) is 4.84 Å². The highest BCUT2D eigenvalue weighted by Gasteiger charge is 2.32. The molecule has 0 unspecified atom stereocenters. The number of amides is 2. The summed E-state index contributed by atoms with van der Waals surface area (Å²) in [7, 11) is 0. The number of urea groups is 1. The van der Waals surface area contributed by atoms with Crippen LogP contribution in [0.3, 0.4) is 0 Å². The maximum absolute atomic E-state index is 13.2. The van der Waals surface area contributed by atoms with Gasteiger partial charge in [0.2, 0.25) is 0 Å². The molecule has 1 aliphatic carbocycles. The largest absolute Gasteiger partial charge is 0.488 e. The molecule has 1 saturated carbocycles. The minimum absolute atomic E-state index is 0.140. The number of nitrogens with one attached hydrogen (secondary N) is 1. The molecule has 1 aliphatic heterocycles. The zero-order valence-corrected chi connectivity index (χ0v) is 12.1. The molecular formula is C15H18F2N2O3. The van der Waals surface area contributed by atoms with Crippen LogP contribution in [0.5, 0.6) is 5.75 Å². The first kappa shape index (κ1) is 15.0. The molecule has 0 aromatic heterocycles. The van der Waals surface area contributed by atoms with Crippen LogP contribution in [-0.4, -0.2) is 36.4 Å². The zero-order valence-electron chi connectivity index (χ0n) is 12.1. The van der Waals surface area contributed by atoms with Crippen molar-refractivity contribution in [2.24, 2.45) is 0 Å². The van der Waals surface area contributed by atoms with E-state index in [0.29, 0.717) is 13.2 Å². The number of carbonyl (C=O) groups excluding carboxylic acids is 1. The van der Waals surface area contributed by atoms with Crippen molar-refractivity contribution in [2.45, 2.75) is 37.8 Å². The predicted molar refractivity (Wildman–Crippen MR) is 74.2 cm³/mol. The Balaban J connectivity index is 1.61. The first-order valence-electron chi connectivity index (χ1n) is 7.45. The standard InChI is InChI=1S/C15H18F2N2O3/c16-10-7-11(17)9-12(8-10)22-14-4-1-3-13(14)18-15(20)19-5-2-6-21-19/h7-9,13-14H,1-6H2,(H,18,20)/t13-,14+/m0/s1. The molecule has 2 aliphatic rings. The van der Waals surface area contributed by atoms with Crippen molar-refractivity contribution in [3.63, 3.8) is 0 Å². The monoisotopic (exact) mass is 312 g/mol. The molecule has 1 aromatic rings. The topological polar surface area (TPSA) is 50.8 Å². The van der Waals surface area contributed by atoms with E-state index < -0.39 is 11.6 Å². The molecule has 7 heteroatoms. The average molecular weight is 312 g/mol. The van der Waals surface area contributed by atoms with Gasteiger partial charge in [-0.25, -0.2) is 18.6 Å². The SMILES string of the molecule is O=C(N[C@H]1CCC[C@H]1Oc1cc(F)cc(F)c1)N1CCCO1. The second-order valence-corrected chi connectivity index (χ2v) is 5.54. The molecule has 1 heterocycles. The van der Waals surface area contributed by atoms with E-state index in [-0.39, 0.29) is 23.9 Å². The maximum atomic E-state index is 13.2. The van der Waals surface area contributed by atoms with Gasteiger partial charge < -0.3 is 10.1 Å². The van der Waals surface area contributed by atoms with E-state index in [4.69, 9.17) is 9.57 Å². The Morgan fingerprint density at radius 3 is 2.68 bits per heavy atom. The summed E-state index contributed by atoms with van der Waals surface area (Å²) >= 11 is 0. The molecule has 5 nitrogen and oxygen atoms in total. The fourth-order valence-corrected chi connectivity index (χ4v) is 2.84. The molecule has 22 heavy (non-hydrogen) atoms. The molecule has 120 valence electrons. The number of carbonyl (C=O) groups is 1. The number of benzene rings is 1. The van der Waals surface area contributed by atoms with E-state index in [1.165, 1.54) is 5.06 Å². The Morgan fingerprint density at radius 1 is 1.23 bits per heavy atom. The average Bonchev–Trinajstić information content (AvgIpc) is 3.10. The Kier molecular flexibility index (Phi) is 4.42. The molecule has 1 aromatic carbocycles. The van der Waals surface area contributed by atoms with Gasteiger partial charge in [0.1, 0.15) is 23.5 Å². The second kappa shape index (κ2) is 6.48. The molecule has 2 fully saturated rings. The quantitative estimate of drug-likeness (QED) is 0.933. The summed E-state index contributed by atoms with van der Waals surface area (Å²) in [4.78, 5) is 17.2. The highest BCUT2D eigenvalue weighted by molar-refractivity contribution is 5.73.